The maximum absolute atomic E-state index is 12.8. The molecule has 6 heteroatoms. The van der Waals surface area contributed by atoms with Gasteiger partial charge < -0.3 is 4.90 Å². The van der Waals surface area contributed by atoms with Crippen molar-refractivity contribution in [2.45, 2.75) is 13.3 Å². The highest BCUT2D eigenvalue weighted by Gasteiger charge is 2.48. The number of hydrogen-bond acceptors (Lipinski definition) is 3. The largest absolute Gasteiger partial charge is 0.311 e. The maximum atomic E-state index is 12.8. The summed E-state index contributed by atoms with van der Waals surface area (Å²) in [4.78, 5) is 25.3. The highest BCUT2D eigenvalue weighted by molar-refractivity contribution is 6.13. The van der Waals surface area contributed by atoms with Gasteiger partial charge in [0.1, 0.15) is 11.2 Å². The summed E-state index contributed by atoms with van der Waals surface area (Å²) in [7, 11) is 0. The first-order valence-electron chi connectivity index (χ1n) is 5.57. The lowest BCUT2D eigenvalue weighted by Crippen LogP contribution is -2.47. The van der Waals surface area contributed by atoms with Crippen molar-refractivity contribution < 1.29 is 14.0 Å². The number of nitrogens with zero attached hydrogens (tertiary/aromatic N) is 1. The SMILES string of the molecule is CC1(C(=O)NN)CCN(c2ccc(F)cc2)C1=O. The fraction of sp³-hybridized carbons (Fsp3) is 0.333. The molecule has 1 atom stereocenters. The van der Waals surface area contributed by atoms with Gasteiger partial charge in [0.05, 0.1) is 0 Å². The van der Waals surface area contributed by atoms with E-state index in [1.54, 1.807) is 6.92 Å². The second-order valence-electron chi connectivity index (χ2n) is 4.49. The van der Waals surface area contributed by atoms with Crippen molar-refractivity contribution in [3.63, 3.8) is 0 Å². The predicted molar refractivity (Wildman–Crippen MR) is 63.8 cm³/mol. The topological polar surface area (TPSA) is 75.4 Å². The lowest BCUT2D eigenvalue weighted by molar-refractivity contribution is -0.138. The molecule has 0 spiro atoms. The quantitative estimate of drug-likeness (QED) is 0.349. The van der Waals surface area contributed by atoms with Gasteiger partial charge >= 0.3 is 0 Å². The number of amides is 2. The molecular formula is C12H14FN3O2. The first-order valence-corrected chi connectivity index (χ1v) is 5.57. The summed E-state index contributed by atoms with van der Waals surface area (Å²) in [5, 5.41) is 0. The van der Waals surface area contributed by atoms with Crippen LogP contribution in [-0.4, -0.2) is 18.4 Å². The summed E-state index contributed by atoms with van der Waals surface area (Å²) < 4.78 is 12.8. The Morgan fingerprint density at radius 3 is 2.61 bits per heavy atom. The average molecular weight is 251 g/mol. The van der Waals surface area contributed by atoms with Crippen LogP contribution >= 0.6 is 0 Å². The van der Waals surface area contributed by atoms with Crippen LogP contribution in [0, 0.1) is 11.2 Å². The van der Waals surface area contributed by atoms with Gasteiger partial charge in [0, 0.05) is 12.2 Å². The molecule has 0 aliphatic carbocycles. The number of benzene rings is 1. The average Bonchev–Trinajstić information content (AvgIpc) is 2.68. The molecule has 0 saturated carbocycles. The Labute approximate surface area is 104 Å². The Kier molecular flexibility index (Phi) is 3.04. The minimum Gasteiger partial charge on any atom is -0.311 e. The normalized spacial score (nSPS) is 23.3. The molecule has 1 aromatic carbocycles. The van der Waals surface area contributed by atoms with Crippen LogP contribution in [0.3, 0.4) is 0 Å². The van der Waals surface area contributed by atoms with Gasteiger partial charge in [0.2, 0.25) is 11.8 Å². The molecule has 1 unspecified atom stereocenters. The molecule has 0 radical (unpaired) electrons. The summed E-state index contributed by atoms with van der Waals surface area (Å²) in [5.41, 5.74) is 1.44. The molecule has 1 aromatic rings. The van der Waals surface area contributed by atoms with E-state index in [0.717, 1.165) is 0 Å². The van der Waals surface area contributed by atoms with Crippen LogP contribution in [0.1, 0.15) is 13.3 Å². The van der Waals surface area contributed by atoms with Crippen molar-refractivity contribution in [3.05, 3.63) is 30.1 Å². The zero-order valence-electron chi connectivity index (χ0n) is 9.94. The van der Waals surface area contributed by atoms with Crippen LogP contribution in [-0.2, 0) is 9.59 Å². The second kappa shape index (κ2) is 4.38. The molecule has 3 N–H and O–H groups in total. The van der Waals surface area contributed by atoms with E-state index in [1.165, 1.54) is 29.2 Å². The van der Waals surface area contributed by atoms with E-state index in [-0.39, 0.29) is 11.7 Å². The molecule has 1 heterocycles. The number of carbonyl (C=O) groups excluding carboxylic acids is 2. The molecule has 1 saturated heterocycles. The molecule has 96 valence electrons. The first kappa shape index (κ1) is 12.5. The molecule has 0 aromatic heterocycles. The third-order valence-corrected chi connectivity index (χ3v) is 3.32. The lowest BCUT2D eigenvalue weighted by Gasteiger charge is -2.21. The summed E-state index contributed by atoms with van der Waals surface area (Å²) >= 11 is 0. The van der Waals surface area contributed by atoms with Crippen molar-refractivity contribution >= 4 is 17.5 Å². The minimum atomic E-state index is -1.15. The fourth-order valence-electron chi connectivity index (χ4n) is 2.08. The molecule has 0 bridgehead atoms. The van der Waals surface area contributed by atoms with Gasteiger partial charge in [-0.3, -0.25) is 15.0 Å². The molecular weight excluding hydrogens is 237 g/mol. The number of hydrogen-bond donors (Lipinski definition) is 2. The fourth-order valence-corrected chi connectivity index (χ4v) is 2.08. The van der Waals surface area contributed by atoms with Crippen LogP contribution in [0.25, 0.3) is 0 Å². The van der Waals surface area contributed by atoms with Crippen molar-refractivity contribution in [2.24, 2.45) is 11.3 Å². The number of halogens is 1. The van der Waals surface area contributed by atoms with Crippen molar-refractivity contribution in [3.8, 4) is 0 Å². The van der Waals surface area contributed by atoms with E-state index in [1.807, 2.05) is 5.43 Å². The van der Waals surface area contributed by atoms with Crippen LogP contribution in [0.4, 0.5) is 10.1 Å². The predicted octanol–water partition coefficient (Wildman–Crippen LogP) is 0.559. The summed E-state index contributed by atoms with van der Waals surface area (Å²) in [6.07, 6.45) is 0.381. The van der Waals surface area contributed by atoms with Gasteiger partial charge in [-0.25, -0.2) is 10.2 Å². The highest BCUT2D eigenvalue weighted by atomic mass is 19.1. The van der Waals surface area contributed by atoms with E-state index in [2.05, 4.69) is 0 Å². The van der Waals surface area contributed by atoms with Gasteiger partial charge in [-0.15, -0.1) is 0 Å². The van der Waals surface area contributed by atoms with Crippen LogP contribution in [0.15, 0.2) is 24.3 Å². The molecule has 18 heavy (non-hydrogen) atoms. The second-order valence-corrected chi connectivity index (χ2v) is 4.49. The molecule has 5 nitrogen and oxygen atoms in total. The molecule has 2 rings (SSSR count). The van der Waals surface area contributed by atoms with Gasteiger partial charge in [0.15, 0.2) is 0 Å². The minimum absolute atomic E-state index is 0.322. The monoisotopic (exact) mass is 251 g/mol. The van der Waals surface area contributed by atoms with Gasteiger partial charge in [-0.1, -0.05) is 0 Å². The molecule has 1 aliphatic heterocycles. The third-order valence-electron chi connectivity index (χ3n) is 3.32. The summed E-state index contributed by atoms with van der Waals surface area (Å²) in [5.74, 6) is 3.89. The van der Waals surface area contributed by atoms with Gasteiger partial charge in [-0.2, -0.15) is 0 Å². The first-order chi connectivity index (χ1) is 8.49. The van der Waals surface area contributed by atoms with E-state index in [4.69, 9.17) is 5.84 Å². The molecule has 1 aliphatic rings. The van der Waals surface area contributed by atoms with E-state index in [9.17, 15) is 14.0 Å². The maximum Gasteiger partial charge on any atom is 0.249 e. The highest BCUT2D eigenvalue weighted by Crippen LogP contribution is 2.34. The Balaban J connectivity index is 2.27. The third kappa shape index (κ3) is 1.84. The Morgan fingerprint density at radius 2 is 2.06 bits per heavy atom. The van der Waals surface area contributed by atoms with Crippen LogP contribution in [0.5, 0.6) is 0 Å². The lowest BCUT2D eigenvalue weighted by atomic mass is 9.88. The summed E-state index contributed by atoms with van der Waals surface area (Å²) in [6, 6.07) is 5.58. The van der Waals surface area contributed by atoms with E-state index >= 15 is 0 Å². The number of anilines is 1. The van der Waals surface area contributed by atoms with Crippen LogP contribution in [0.2, 0.25) is 0 Å². The van der Waals surface area contributed by atoms with Crippen molar-refractivity contribution in [1.82, 2.24) is 5.43 Å². The molecule has 1 fully saturated rings. The zero-order valence-corrected chi connectivity index (χ0v) is 9.94. The number of hydrazine groups is 1. The summed E-state index contributed by atoms with van der Waals surface area (Å²) in [6.45, 7) is 1.97. The zero-order chi connectivity index (χ0) is 13.3. The Morgan fingerprint density at radius 1 is 1.44 bits per heavy atom. The Bertz CT molecular complexity index is 489. The standard InChI is InChI=1S/C12H14FN3O2/c1-12(10(17)15-14)6-7-16(11(12)18)9-4-2-8(13)3-5-9/h2-5H,6-7,14H2,1H3,(H,15,17). The van der Waals surface area contributed by atoms with Crippen molar-refractivity contribution in [2.75, 3.05) is 11.4 Å². The van der Waals surface area contributed by atoms with Crippen LogP contribution < -0.4 is 16.2 Å². The van der Waals surface area contributed by atoms with E-state index in [0.29, 0.717) is 18.7 Å². The number of nitrogens with two attached hydrogens (primary N) is 1. The smallest absolute Gasteiger partial charge is 0.249 e. The number of nitrogens with one attached hydrogen (secondary N) is 1. The van der Waals surface area contributed by atoms with Gasteiger partial charge in [-0.05, 0) is 37.6 Å². The van der Waals surface area contributed by atoms with Gasteiger partial charge in [0.25, 0.3) is 0 Å². The van der Waals surface area contributed by atoms with E-state index < -0.39 is 11.3 Å². The number of rotatable bonds is 2. The number of carbonyl (C=O) groups is 2. The Hall–Kier alpha value is -1.95. The van der Waals surface area contributed by atoms with Crippen molar-refractivity contribution in [1.29, 1.82) is 0 Å². The molecule has 2 amide bonds.